The molecule has 29 heavy (non-hydrogen) atoms. The molecule has 5 heteroatoms. The molecule has 1 aliphatic heterocycles. The first-order valence-corrected chi connectivity index (χ1v) is 11.4. The highest BCUT2D eigenvalue weighted by molar-refractivity contribution is 7.98. The number of rotatable bonds is 6. The highest BCUT2D eigenvalue weighted by atomic mass is 32.2. The molecule has 1 aliphatic rings. The summed E-state index contributed by atoms with van der Waals surface area (Å²) in [5, 5.41) is 3.02. The number of benzene rings is 2. The maximum atomic E-state index is 12.8. The third kappa shape index (κ3) is 5.41. The molecule has 1 N–H and O–H groups in total. The van der Waals surface area contributed by atoms with Gasteiger partial charge in [-0.05, 0) is 68.0 Å². The van der Waals surface area contributed by atoms with E-state index in [9.17, 15) is 9.59 Å². The maximum absolute atomic E-state index is 12.8. The second kappa shape index (κ2) is 9.97. The van der Waals surface area contributed by atoms with E-state index in [-0.39, 0.29) is 11.8 Å². The number of thioether (sulfide) groups is 1. The molecule has 1 fully saturated rings. The zero-order valence-electron chi connectivity index (χ0n) is 17.6. The van der Waals surface area contributed by atoms with Crippen LogP contribution in [0.1, 0.15) is 59.7 Å². The number of piperidine rings is 1. The number of hydrogen-bond acceptors (Lipinski definition) is 3. The van der Waals surface area contributed by atoms with Gasteiger partial charge in [-0.2, -0.15) is 0 Å². The van der Waals surface area contributed by atoms with E-state index in [0.717, 1.165) is 53.4 Å². The van der Waals surface area contributed by atoms with Crippen LogP contribution in [-0.2, 0) is 10.5 Å². The molecule has 2 amide bonds. The molecule has 2 aromatic rings. The Morgan fingerprint density at radius 1 is 1.07 bits per heavy atom. The Hall–Kier alpha value is -2.27. The Balaban J connectivity index is 1.75. The minimum Gasteiger partial charge on any atom is -0.339 e. The first-order valence-electron chi connectivity index (χ1n) is 10.4. The molecule has 0 atom stereocenters. The molecule has 0 unspecified atom stereocenters. The quantitative estimate of drug-likeness (QED) is 0.633. The van der Waals surface area contributed by atoms with Crippen molar-refractivity contribution in [1.82, 2.24) is 4.90 Å². The van der Waals surface area contributed by atoms with E-state index in [4.69, 9.17) is 0 Å². The minimum absolute atomic E-state index is 0.0178. The van der Waals surface area contributed by atoms with Crippen LogP contribution in [-0.4, -0.2) is 29.8 Å². The van der Waals surface area contributed by atoms with Crippen LogP contribution >= 0.6 is 11.8 Å². The molecule has 0 saturated carbocycles. The van der Waals surface area contributed by atoms with Crippen molar-refractivity contribution in [1.29, 1.82) is 0 Å². The van der Waals surface area contributed by atoms with Crippen LogP contribution in [0.15, 0.2) is 41.3 Å². The van der Waals surface area contributed by atoms with Crippen LogP contribution in [0.25, 0.3) is 0 Å². The predicted octanol–water partition coefficient (Wildman–Crippen LogP) is 5.57. The van der Waals surface area contributed by atoms with Gasteiger partial charge >= 0.3 is 0 Å². The summed E-state index contributed by atoms with van der Waals surface area (Å²) in [7, 11) is 0. The molecule has 1 saturated heterocycles. The van der Waals surface area contributed by atoms with Gasteiger partial charge in [-0.3, -0.25) is 9.59 Å². The van der Waals surface area contributed by atoms with Crippen molar-refractivity contribution in [3.05, 3.63) is 58.7 Å². The molecule has 0 aromatic heterocycles. The van der Waals surface area contributed by atoms with Gasteiger partial charge in [0.25, 0.3) is 5.91 Å². The van der Waals surface area contributed by atoms with Crippen molar-refractivity contribution in [2.45, 2.75) is 57.1 Å². The Morgan fingerprint density at radius 3 is 2.55 bits per heavy atom. The van der Waals surface area contributed by atoms with E-state index in [0.29, 0.717) is 6.42 Å². The van der Waals surface area contributed by atoms with Gasteiger partial charge in [0.15, 0.2) is 0 Å². The second-order valence-electron chi connectivity index (χ2n) is 7.63. The molecule has 4 nitrogen and oxygen atoms in total. The molecular formula is C24H30N2O2S. The largest absolute Gasteiger partial charge is 0.339 e. The van der Waals surface area contributed by atoms with Crippen LogP contribution in [0, 0.1) is 13.8 Å². The van der Waals surface area contributed by atoms with Crippen LogP contribution in [0.2, 0.25) is 0 Å². The summed E-state index contributed by atoms with van der Waals surface area (Å²) in [5.74, 6) is 0.906. The number of nitrogens with zero attached hydrogens (tertiary/aromatic N) is 1. The van der Waals surface area contributed by atoms with Gasteiger partial charge in [-0.25, -0.2) is 0 Å². The highest BCUT2D eigenvalue weighted by Gasteiger charge is 2.18. The molecule has 0 radical (unpaired) electrons. The first-order chi connectivity index (χ1) is 14.0. The first kappa shape index (κ1) is 21.4. The van der Waals surface area contributed by atoms with E-state index in [2.05, 4.69) is 25.2 Å². The average molecular weight is 411 g/mol. The standard InChI is InChI=1S/C24H30N2O2S/c1-4-22(27)25-21-12-11-17(2)18(3)23(21)29-16-19-9-8-10-20(15-19)24(28)26-13-6-5-7-14-26/h8-12,15H,4-7,13-14,16H2,1-3H3,(H,25,27). The van der Waals surface area contributed by atoms with E-state index in [1.54, 1.807) is 11.8 Å². The predicted molar refractivity (Wildman–Crippen MR) is 121 cm³/mol. The number of anilines is 1. The van der Waals surface area contributed by atoms with E-state index in [1.165, 1.54) is 17.5 Å². The van der Waals surface area contributed by atoms with Gasteiger partial charge in [-0.1, -0.05) is 25.1 Å². The summed E-state index contributed by atoms with van der Waals surface area (Å²) in [6.45, 7) is 7.76. The van der Waals surface area contributed by atoms with Crippen LogP contribution in [0.5, 0.6) is 0 Å². The number of aryl methyl sites for hydroxylation is 1. The Kier molecular flexibility index (Phi) is 7.37. The summed E-state index contributed by atoms with van der Waals surface area (Å²) >= 11 is 1.71. The fourth-order valence-electron chi connectivity index (χ4n) is 3.54. The third-order valence-corrected chi connectivity index (χ3v) is 6.76. The van der Waals surface area contributed by atoms with Crippen LogP contribution < -0.4 is 5.32 Å². The number of carbonyl (C=O) groups is 2. The monoisotopic (exact) mass is 410 g/mol. The summed E-state index contributed by atoms with van der Waals surface area (Å²) in [6.07, 6.45) is 3.87. The molecule has 0 bridgehead atoms. The Bertz CT molecular complexity index is 888. The molecule has 2 aromatic carbocycles. The van der Waals surface area contributed by atoms with Gasteiger partial charge in [0, 0.05) is 35.7 Å². The highest BCUT2D eigenvalue weighted by Crippen LogP contribution is 2.35. The van der Waals surface area contributed by atoms with Crippen molar-refractivity contribution < 1.29 is 9.59 Å². The molecule has 0 spiro atoms. The lowest BCUT2D eigenvalue weighted by Gasteiger charge is -2.26. The third-order valence-electron chi connectivity index (χ3n) is 5.47. The number of likely N-dealkylation sites (tertiary alicyclic amines) is 1. The second-order valence-corrected chi connectivity index (χ2v) is 8.61. The lowest BCUT2D eigenvalue weighted by molar-refractivity contribution is -0.115. The summed E-state index contributed by atoms with van der Waals surface area (Å²) in [5.41, 5.74) is 5.14. The number of hydrogen-bond donors (Lipinski definition) is 1. The normalized spacial score (nSPS) is 14.0. The van der Waals surface area contributed by atoms with E-state index >= 15 is 0 Å². The SMILES string of the molecule is CCC(=O)Nc1ccc(C)c(C)c1SCc1cccc(C(=O)N2CCCCC2)c1. The zero-order valence-corrected chi connectivity index (χ0v) is 18.4. The van der Waals surface area contributed by atoms with Crippen molar-refractivity contribution >= 4 is 29.3 Å². The molecular weight excluding hydrogens is 380 g/mol. The van der Waals surface area contributed by atoms with Crippen molar-refractivity contribution in [2.75, 3.05) is 18.4 Å². The van der Waals surface area contributed by atoms with Crippen LogP contribution in [0.4, 0.5) is 5.69 Å². The summed E-state index contributed by atoms with van der Waals surface area (Å²) in [4.78, 5) is 27.8. The minimum atomic E-state index is 0.0178. The molecule has 154 valence electrons. The Labute approximate surface area is 178 Å². The van der Waals surface area contributed by atoms with Gasteiger partial charge in [0.05, 0.1) is 5.69 Å². The zero-order chi connectivity index (χ0) is 20.8. The number of amides is 2. The molecule has 1 heterocycles. The topological polar surface area (TPSA) is 49.4 Å². The van der Waals surface area contributed by atoms with Crippen LogP contribution in [0.3, 0.4) is 0 Å². The van der Waals surface area contributed by atoms with Gasteiger partial charge < -0.3 is 10.2 Å². The van der Waals surface area contributed by atoms with Crippen molar-refractivity contribution in [3.8, 4) is 0 Å². The number of carbonyl (C=O) groups excluding carboxylic acids is 2. The van der Waals surface area contributed by atoms with Gasteiger partial charge in [-0.15, -0.1) is 11.8 Å². The van der Waals surface area contributed by atoms with Gasteiger partial charge in [0.1, 0.15) is 0 Å². The fraction of sp³-hybridized carbons (Fsp3) is 0.417. The summed E-state index contributed by atoms with van der Waals surface area (Å²) < 4.78 is 0. The molecule has 3 rings (SSSR count). The lowest BCUT2D eigenvalue weighted by Crippen LogP contribution is -2.35. The van der Waals surface area contributed by atoms with Crippen molar-refractivity contribution in [3.63, 3.8) is 0 Å². The lowest BCUT2D eigenvalue weighted by atomic mass is 10.1. The Morgan fingerprint density at radius 2 is 1.83 bits per heavy atom. The maximum Gasteiger partial charge on any atom is 0.253 e. The van der Waals surface area contributed by atoms with E-state index < -0.39 is 0 Å². The van der Waals surface area contributed by atoms with E-state index in [1.807, 2.05) is 42.2 Å². The number of nitrogens with one attached hydrogen (secondary N) is 1. The summed E-state index contributed by atoms with van der Waals surface area (Å²) in [6, 6.07) is 12.0. The fourth-order valence-corrected chi connectivity index (χ4v) is 4.68. The average Bonchev–Trinajstić information content (AvgIpc) is 2.76. The molecule has 0 aliphatic carbocycles. The van der Waals surface area contributed by atoms with Crippen molar-refractivity contribution in [2.24, 2.45) is 0 Å². The smallest absolute Gasteiger partial charge is 0.253 e. The van der Waals surface area contributed by atoms with Gasteiger partial charge in [0.2, 0.25) is 5.91 Å².